The number of methoxy groups -OCH3 is 1. The highest BCUT2D eigenvalue weighted by Crippen LogP contribution is 2.47. The number of aliphatic hydroxyl groups excluding tert-OH is 1. The first-order valence-corrected chi connectivity index (χ1v) is 10.3. The first-order valence-electron chi connectivity index (χ1n) is 10.3. The van der Waals surface area contributed by atoms with Crippen molar-refractivity contribution in [3.05, 3.63) is 23.8 Å². The van der Waals surface area contributed by atoms with Gasteiger partial charge >= 0.3 is 12.0 Å². The van der Waals surface area contributed by atoms with E-state index in [9.17, 15) is 14.7 Å². The number of ether oxygens (including phenoxy) is 3. The molecule has 0 spiro atoms. The van der Waals surface area contributed by atoms with Crippen LogP contribution in [0.3, 0.4) is 0 Å². The third kappa shape index (κ3) is 4.33. The minimum Gasteiger partial charge on any atom is -0.487 e. The Morgan fingerprint density at radius 3 is 2.79 bits per heavy atom. The molecule has 1 saturated heterocycles. The predicted octanol–water partition coefficient (Wildman–Crippen LogP) is 2.31. The van der Waals surface area contributed by atoms with Gasteiger partial charge in [-0.2, -0.15) is 0 Å². The van der Waals surface area contributed by atoms with Crippen molar-refractivity contribution in [3.8, 4) is 5.75 Å². The normalized spacial score (nSPS) is 28.2. The van der Waals surface area contributed by atoms with Gasteiger partial charge in [0.1, 0.15) is 18.0 Å². The number of rotatable bonds is 5. The summed E-state index contributed by atoms with van der Waals surface area (Å²) >= 11 is 0. The van der Waals surface area contributed by atoms with Crippen LogP contribution in [-0.2, 0) is 14.3 Å². The lowest BCUT2D eigenvalue weighted by Crippen LogP contribution is -2.46. The molecule has 3 aliphatic rings. The zero-order valence-corrected chi connectivity index (χ0v) is 16.6. The van der Waals surface area contributed by atoms with Crippen molar-refractivity contribution in [1.82, 2.24) is 5.32 Å². The molecule has 0 radical (unpaired) electrons. The average molecular weight is 404 g/mol. The molecule has 2 fully saturated rings. The lowest BCUT2D eigenvalue weighted by molar-refractivity contribution is -0.156. The smallest absolute Gasteiger partial charge is 0.319 e. The number of amides is 2. The Morgan fingerprint density at radius 1 is 1.28 bits per heavy atom. The Labute approximate surface area is 169 Å². The van der Waals surface area contributed by atoms with Gasteiger partial charge in [-0.3, -0.25) is 4.79 Å². The minimum atomic E-state index is -0.516. The molecule has 0 unspecified atom stereocenters. The maximum atomic E-state index is 12.3. The summed E-state index contributed by atoms with van der Waals surface area (Å²) in [7, 11) is 1.35. The molecule has 29 heavy (non-hydrogen) atoms. The Kier molecular flexibility index (Phi) is 5.91. The largest absolute Gasteiger partial charge is 0.487 e. The molecule has 1 aromatic carbocycles. The van der Waals surface area contributed by atoms with Gasteiger partial charge in [0, 0.05) is 23.2 Å². The number of anilines is 1. The van der Waals surface area contributed by atoms with Crippen LogP contribution in [-0.4, -0.2) is 55.2 Å². The topological polar surface area (TPSA) is 106 Å². The molecule has 0 aromatic heterocycles. The molecule has 4 atom stereocenters. The van der Waals surface area contributed by atoms with Gasteiger partial charge in [0.15, 0.2) is 0 Å². The molecule has 0 bridgehead atoms. The zero-order valence-electron chi connectivity index (χ0n) is 16.6. The summed E-state index contributed by atoms with van der Waals surface area (Å²) in [5.74, 6) is 0.357. The minimum absolute atomic E-state index is 0.0230. The molecule has 4 rings (SSSR count). The van der Waals surface area contributed by atoms with Crippen molar-refractivity contribution in [2.45, 2.75) is 68.8 Å². The van der Waals surface area contributed by atoms with Crippen molar-refractivity contribution in [3.63, 3.8) is 0 Å². The van der Waals surface area contributed by atoms with E-state index < -0.39 is 6.10 Å². The first kappa shape index (κ1) is 20.0. The highest BCUT2D eigenvalue weighted by Gasteiger charge is 2.46. The predicted molar refractivity (Wildman–Crippen MR) is 105 cm³/mol. The summed E-state index contributed by atoms with van der Waals surface area (Å²) in [6, 6.07) is 5.62. The Hall–Kier alpha value is -2.32. The summed E-state index contributed by atoms with van der Waals surface area (Å²) in [4.78, 5) is 24.0. The SMILES string of the molecule is COC(=O)C[C@@H]1C[C@@H]2c3cc(NC(=O)NC4CCCC4)ccc3O[C@@H]2[C@@H](CO)O1. The molecular formula is C21H28N2O6. The van der Waals surface area contributed by atoms with Crippen LogP contribution in [0.25, 0.3) is 0 Å². The molecule has 3 N–H and O–H groups in total. The quantitative estimate of drug-likeness (QED) is 0.651. The van der Waals surface area contributed by atoms with E-state index in [1.54, 1.807) is 0 Å². The second kappa shape index (κ2) is 8.59. The second-order valence-corrected chi connectivity index (χ2v) is 8.02. The lowest BCUT2D eigenvalue weighted by Gasteiger charge is -2.36. The number of urea groups is 1. The summed E-state index contributed by atoms with van der Waals surface area (Å²) in [5.41, 5.74) is 1.66. The second-order valence-electron chi connectivity index (χ2n) is 8.02. The van der Waals surface area contributed by atoms with Gasteiger partial charge in [-0.05, 0) is 37.5 Å². The van der Waals surface area contributed by atoms with E-state index in [1.807, 2.05) is 18.2 Å². The van der Waals surface area contributed by atoms with Crippen molar-refractivity contribution in [2.75, 3.05) is 19.0 Å². The van der Waals surface area contributed by atoms with Crippen molar-refractivity contribution in [1.29, 1.82) is 0 Å². The molecule has 8 heteroatoms. The van der Waals surface area contributed by atoms with E-state index in [0.29, 0.717) is 12.1 Å². The number of hydrogen-bond acceptors (Lipinski definition) is 6. The Bertz CT molecular complexity index is 764. The summed E-state index contributed by atoms with van der Waals surface area (Å²) in [6.45, 7) is -0.193. The third-order valence-electron chi connectivity index (χ3n) is 6.07. The van der Waals surface area contributed by atoms with Crippen molar-refractivity contribution >= 4 is 17.7 Å². The highest BCUT2D eigenvalue weighted by atomic mass is 16.6. The molecule has 158 valence electrons. The molecule has 2 heterocycles. The van der Waals surface area contributed by atoms with Gasteiger partial charge < -0.3 is 30.0 Å². The fourth-order valence-corrected chi connectivity index (χ4v) is 4.66. The average Bonchev–Trinajstić information content (AvgIpc) is 3.34. The van der Waals surface area contributed by atoms with Crippen LogP contribution in [0.1, 0.15) is 50.0 Å². The van der Waals surface area contributed by atoms with E-state index in [4.69, 9.17) is 14.2 Å². The third-order valence-corrected chi connectivity index (χ3v) is 6.07. The van der Waals surface area contributed by atoms with Gasteiger partial charge in [-0.15, -0.1) is 0 Å². The van der Waals surface area contributed by atoms with E-state index in [1.165, 1.54) is 7.11 Å². The van der Waals surface area contributed by atoms with Gasteiger partial charge in [-0.25, -0.2) is 4.79 Å². The molecule has 1 aliphatic carbocycles. The summed E-state index contributed by atoms with van der Waals surface area (Å²) < 4.78 is 16.7. The maximum absolute atomic E-state index is 12.3. The fraction of sp³-hybridized carbons (Fsp3) is 0.619. The zero-order chi connectivity index (χ0) is 20.4. The standard InChI is InChI=1S/C21H28N2O6/c1-27-19(25)10-14-9-16-15-8-13(23-21(26)22-12-4-2-3-5-12)6-7-17(15)29-20(16)18(11-24)28-14/h6-8,12,14,16,18,20,24H,2-5,9-11H2,1H3,(H2,22,23,26)/t14-,16+,18+,20-/m0/s1. The first-order chi connectivity index (χ1) is 14.1. The van der Waals surface area contributed by atoms with Crippen LogP contribution < -0.4 is 15.4 Å². The van der Waals surface area contributed by atoms with Crippen LogP contribution in [0.4, 0.5) is 10.5 Å². The van der Waals surface area contributed by atoms with Gasteiger partial charge in [0.05, 0.1) is 26.2 Å². The lowest BCUT2D eigenvalue weighted by atomic mass is 9.84. The number of carbonyl (C=O) groups excluding carboxylic acids is 2. The number of benzene rings is 1. The van der Waals surface area contributed by atoms with Crippen LogP contribution in [0, 0.1) is 0 Å². The number of nitrogens with one attached hydrogen (secondary N) is 2. The monoisotopic (exact) mass is 404 g/mol. The fourth-order valence-electron chi connectivity index (χ4n) is 4.66. The number of esters is 1. The molecule has 2 aliphatic heterocycles. The van der Waals surface area contributed by atoms with E-state index >= 15 is 0 Å². The van der Waals surface area contributed by atoms with Crippen LogP contribution in [0.15, 0.2) is 18.2 Å². The van der Waals surface area contributed by atoms with Crippen molar-refractivity contribution in [2.24, 2.45) is 0 Å². The molecule has 8 nitrogen and oxygen atoms in total. The van der Waals surface area contributed by atoms with Crippen LogP contribution in [0.2, 0.25) is 0 Å². The number of hydrogen-bond donors (Lipinski definition) is 3. The Balaban J connectivity index is 1.47. The van der Waals surface area contributed by atoms with E-state index in [2.05, 4.69) is 10.6 Å². The number of carbonyl (C=O) groups is 2. The molecule has 1 aromatic rings. The van der Waals surface area contributed by atoms with Gasteiger partial charge in [0.2, 0.25) is 0 Å². The highest BCUT2D eigenvalue weighted by molar-refractivity contribution is 5.89. The molecular weight excluding hydrogens is 376 g/mol. The maximum Gasteiger partial charge on any atom is 0.319 e. The van der Waals surface area contributed by atoms with Gasteiger partial charge in [-0.1, -0.05) is 12.8 Å². The van der Waals surface area contributed by atoms with Crippen LogP contribution >= 0.6 is 0 Å². The van der Waals surface area contributed by atoms with E-state index in [-0.39, 0.29) is 49.2 Å². The van der Waals surface area contributed by atoms with Crippen LogP contribution in [0.5, 0.6) is 5.75 Å². The number of aliphatic hydroxyl groups is 1. The van der Waals surface area contributed by atoms with Gasteiger partial charge in [0.25, 0.3) is 0 Å². The van der Waals surface area contributed by atoms with E-state index in [0.717, 1.165) is 37.0 Å². The summed E-state index contributed by atoms with van der Waals surface area (Å²) in [6.07, 6.45) is 3.91. The summed E-state index contributed by atoms with van der Waals surface area (Å²) in [5, 5.41) is 15.7. The Morgan fingerprint density at radius 2 is 2.07 bits per heavy atom. The molecule has 2 amide bonds. The number of fused-ring (bicyclic) bond motifs is 3. The molecule has 1 saturated carbocycles. The van der Waals surface area contributed by atoms with Crippen molar-refractivity contribution < 1.29 is 28.9 Å².